The van der Waals surface area contributed by atoms with E-state index in [-0.39, 0.29) is 5.82 Å². The van der Waals surface area contributed by atoms with Gasteiger partial charge in [-0.25, -0.2) is 14.2 Å². The Morgan fingerprint density at radius 1 is 1.04 bits per heavy atom. The van der Waals surface area contributed by atoms with E-state index in [0.717, 1.165) is 5.56 Å². The van der Waals surface area contributed by atoms with Crippen LogP contribution in [0.3, 0.4) is 0 Å². The van der Waals surface area contributed by atoms with Crippen molar-refractivity contribution in [3.8, 4) is 16.8 Å². The van der Waals surface area contributed by atoms with Crippen molar-refractivity contribution in [1.82, 2.24) is 14.5 Å². The van der Waals surface area contributed by atoms with Crippen LogP contribution in [0.1, 0.15) is 10.4 Å². The van der Waals surface area contributed by atoms with Crippen molar-refractivity contribution in [3.05, 3.63) is 78.6 Å². The van der Waals surface area contributed by atoms with E-state index in [1.807, 2.05) is 0 Å². The highest BCUT2D eigenvalue weighted by Crippen LogP contribution is 2.29. The van der Waals surface area contributed by atoms with Gasteiger partial charge < -0.3 is 4.74 Å². The van der Waals surface area contributed by atoms with Crippen molar-refractivity contribution in [3.63, 3.8) is 0 Å². The molecule has 0 aliphatic heterocycles. The fourth-order valence-corrected chi connectivity index (χ4v) is 2.89. The zero-order valence-corrected chi connectivity index (χ0v) is 13.9. The Hall–Kier alpha value is -3.54. The van der Waals surface area contributed by atoms with Gasteiger partial charge in [0.1, 0.15) is 11.8 Å². The summed E-state index contributed by atoms with van der Waals surface area (Å²) in [6.07, 6.45) is 4.82. The van der Waals surface area contributed by atoms with Gasteiger partial charge in [-0.3, -0.25) is 9.55 Å². The molecule has 2 heterocycles. The van der Waals surface area contributed by atoms with E-state index >= 15 is 4.39 Å². The molecular weight excluding hydrogens is 333 g/mol. The quantitative estimate of drug-likeness (QED) is 0.525. The van der Waals surface area contributed by atoms with Gasteiger partial charge in [0.2, 0.25) is 0 Å². The lowest BCUT2D eigenvalue weighted by Crippen LogP contribution is -2.02. The average molecular weight is 347 g/mol. The molecule has 0 radical (unpaired) electrons. The smallest absolute Gasteiger partial charge is 0.337 e. The molecule has 0 amide bonds. The number of aromatic nitrogens is 3. The molecule has 0 N–H and O–H groups in total. The summed E-state index contributed by atoms with van der Waals surface area (Å²) >= 11 is 0. The van der Waals surface area contributed by atoms with E-state index in [1.54, 1.807) is 71.8 Å². The van der Waals surface area contributed by atoms with E-state index in [2.05, 4.69) is 9.97 Å². The Morgan fingerprint density at radius 2 is 1.77 bits per heavy atom. The number of imidazole rings is 1. The van der Waals surface area contributed by atoms with Gasteiger partial charge in [-0.2, -0.15) is 0 Å². The van der Waals surface area contributed by atoms with Crippen LogP contribution < -0.4 is 0 Å². The second-order valence-electron chi connectivity index (χ2n) is 5.68. The van der Waals surface area contributed by atoms with Crippen molar-refractivity contribution in [2.45, 2.75) is 0 Å². The molecule has 2 aromatic carbocycles. The molecule has 6 heteroatoms. The highest BCUT2D eigenvalue weighted by molar-refractivity contribution is 5.90. The lowest BCUT2D eigenvalue weighted by atomic mass is 10.1. The summed E-state index contributed by atoms with van der Waals surface area (Å²) in [6.45, 7) is 0. The summed E-state index contributed by atoms with van der Waals surface area (Å²) in [4.78, 5) is 19.8. The number of carbonyl (C=O) groups excluding carboxylic acids is 1. The molecule has 4 aromatic rings. The first-order valence-electron chi connectivity index (χ1n) is 7.94. The van der Waals surface area contributed by atoms with Crippen LogP contribution in [0.5, 0.6) is 0 Å². The summed E-state index contributed by atoms with van der Waals surface area (Å²) in [7, 11) is 1.33. The van der Waals surface area contributed by atoms with Crippen LogP contribution in [0.25, 0.3) is 27.8 Å². The van der Waals surface area contributed by atoms with E-state index in [4.69, 9.17) is 4.74 Å². The minimum Gasteiger partial charge on any atom is -0.465 e. The topological polar surface area (TPSA) is 57.0 Å². The number of esters is 1. The summed E-state index contributed by atoms with van der Waals surface area (Å²) in [6, 6.07) is 13.7. The van der Waals surface area contributed by atoms with Gasteiger partial charge in [-0.05, 0) is 54.1 Å². The Bertz CT molecular complexity index is 1090. The summed E-state index contributed by atoms with van der Waals surface area (Å²) in [5, 5.41) is 0. The van der Waals surface area contributed by atoms with Gasteiger partial charge >= 0.3 is 5.97 Å². The largest absolute Gasteiger partial charge is 0.465 e. The summed E-state index contributed by atoms with van der Waals surface area (Å²) < 4.78 is 21.6. The van der Waals surface area contributed by atoms with E-state index in [9.17, 15) is 4.79 Å². The molecule has 0 saturated heterocycles. The molecule has 0 spiro atoms. The number of benzene rings is 2. The summed E-state index contributed by atoms with van der Waals surface area (Å²) in [5.74, 6) is -0.776. The molecule has 128 valence electrons. The fraction of sp³-hybridized carbons (Fsp3) is 0.0500. The van der Waals surface area contributed by atoms with Gasteiger partial charge in [-0.1, -0.05) is 0 Å². The van der Waals surface area contributed by atoms with Gasteiger partial charge in [-0.15, -0.1) is 0 Å². The highest BCUT2D eigenvalue weighted by atomic mass is 19.1. The fourth-order valence-electron chi connectivity index (χ4n) is 2.89. The number of hydrogen-bond acceptors (Lipinski definition) is 4. The molecular formula is C20H14FN3O2. The number of methoxy groups -OCH3 is 1. The molecule has 0 bridgehead atoms. The number of fused-ring (bicyclic) bond motifs is 1. The second-order valence-corrected chi connectivity index (χ2v) is 5.68. The van der Waals surface area contributed by atoms with E-state index in [0.29, 0.717) is 27.8 Å². The average Bonchev–Trinajstić information content (AvgIpc) is 3.13. The number of ether oxygens (including phenoxy) is 1. The Morgan fingerprint density at radius 3 is 2.46 bits per heavy atom. The molecule has 4 rings (SSSR count). The minimum absolute atomic E-state index is 0.358. The van der Waals surface area contributed by atoms with Crippen molar-refractivity contribution < 1.29 is 13.9 Å². The Kier molecular flexibility index (Phi) is 3.93. The predicted octanol–water partition coefficient (Wildman–Crippen LogP) is 4.01. The monoisotopic (exact) mass is 347 g/mol. The van der Waals surface area contributed by atoms with Crippen LogP contribution in [0.15, 0.2) is 67.3 Å². The lowest BCUT2D eigenvalue weighted by molar-refractivity contribution is 0.0600. The Balaban J connectivity index is 1.85. The first-order valence-corrected chi connectivity index (χ1v) is 7.94. The molecule has 0 fully saturated rings. The zero-order chi connectivity index (χ0) is 18.1. The number of rotatable bonds is 3. The molecule has 0 aliphatic carbocycles. The highest BCUT2D eigenvalue weighted by Gasteiger charge is 2.15. The zero-order valence-electron chi connectivity index (χ0n) is 13.9. The third-order valence-corrected chi connectivity index (χ3v) is 4.21. The number of hydrogen-bond donors (Lipinski definition) is 0. The summed E-state index contributed by atoms with van der Waals surface area (Å²) in [5.41, 5.74) is 3.29. The molecule has 0 unspecified atom stereocenters. The molecule has 0 aliphatic rings. The van der Waals surface area contributed by atoms with Crippen molar-refractivity contribution >= 4 is 17.0 Å². The van der Waals surface area contributed by atoms with E-state index in [1.165, 1.54) is 7.11 Å². The van der Waals surface area contributed by atoms with Crippen LogP contribution in [-0.4, -0.2) is 27.6 Å². The Labute approximate surface area is 148 Å². The van der Waals surface area contributed by atoms with Crippen LogP contribution in [-0.2, 0) is 4.74 Å². The van der Waals surface area contributed by atoms with Crippen LogP contribution in [0, 0.1) is 5.82 Å². The van der Waals surface area contributed by atoms with E-state index < -0.39 is 5.97 Å². The number of carbonyl (C=O) groups is 1. The molecule has 26 heavy (non-hydrogen) atoms. The first-order chi connectivity index (χ1) is 12.7. The number of pyridine rings is 1. The first kappa shape index (κ1) is 16.0. The van der Waals surface area contributed by atoms with Crippen molar-refractivity contribution in [1.29, 1.82) is 0 Å². The third kappa shape index (κ3) is 2.61. The van der Waals surface area contributed by atoms with Gasteiger partial charge in [0, 0.05) is 23.6 Å². The second kappa shape index (κ2) is 6.40. The van der Waals surface area contributed by atoms with Crippen molar-refractivity contribution in [2.75, 3.05) is 7.11 Å². The van der Waals surface area contributed by atoms with Gasteiger partial charge in [0.05, 0.1) is 18.2 Å². The third-order valence-electron chi connectivity index (χ3n) is 4.21. The van der Waals surface area contributed by atoms with Crippen LogP contribution in [0.4, 0.5) is 4.39 Å². The van der Waals surface area contributed by atoms with Gasteiger partial charge in [0.15, 0.2) is 5.82 Å². The normalized spacial score (nSPS) is 10.8. The lowest BCUT2D eigenvalue weighted by Gasteiger charge is -2.09. The van der Waals surface area contributed by atoms with Crippen LogP contribution in [0.2, 0.25) is 0 Å². The SMILES string of the molecule is COC(=O)c1ccc(-n2cnc3ccc(-c4ccncc4)c(F)c32)cc1. The molecule has 2 aromatic heterocycles. The molecule has 5 nitrogen and oxygen atoms in total. The van der Waals surface area contributed by atoms with Gasteiger partial charge in [0.25, 0.3) is 0 Å². The minimum atomic E-state index is -0.418. The van der Waals surface area contributed by atoms with Crippen molar-refractivity contribution in [2.24, 2.45) is 0 Å². The maximum atomic E-state index is 15.2. The predicted molar refractivity (Wildman–Crippen MR) is 95.6 cm³/mol. The number of halogens is 1. The molecule has 0 atom stereocenters. The standard InChI is InChI=1S/C20H14FN3O2/c1-26-20(25)14-2-4-15(5-3-14)24-12-23-17-7-6-16(18(21)19(17)24)13-8-10-22-11-9-13/h2-12H,1H3. The molecule has 0 saturated carbocycles. The number of nitrogens with zero attached hydrogens (tertiary/aromatic N) is 3. The maximum absolute atomic E-state index is 15.2. The maximum Gasteiger partial charge on any atom is 0.337 e. The van der Waals surface area contributed by atoms with Crippen LogP contribution >= 0.6 is 0 Å².